The maximum Gasteiger partial charge on any atom is 0.215 e. The van der Waals surface area contributed by atoms with Crippen molar-refractivity contribution in [1.82, 2.24) is 0 Å². The molecular weight excluding hydrogens is 522 g/mol. The molecule has 5 rings (SSSR count). The average Bonchev–Trinajstić information content (AvgIpc) is 3.11. The molecule has 33 heavy (non-hydrogen) atoms. The summed E-state index contributed by atoms with van der Waals surface area (Å²) in [7, 11) is 0. The lowest BCUT2D eigenvalue weighted by atomic mass is 9.44. The molecule has 4 fully saturated rings. The first-order valence-electron chi connectivity index (χ1n) is 11.6. The Labute approximate surface area is 205 Å². The number of allylic oxidation sites excluding steroid dienone is 1. The summed E-state index contributed by atoms with van der Waals surface area (Å²) in [4.78, 5) is 24.2. The van der Waals surface area contributed by atoms with Crippen molar-refractivity contribution in [2.45, 2.75) is 99.5 Å². The molecule has 5 aliphatic rings. The first kappa shape index (κ1) is 24.3. The van der Waals surface area contributed by atoms with Crippen LogP contribution in [0.5, 0.6) is 0 Å². The molecular formula is C24H30BrClF2O5. The predicted molar refractivity (Wildman–Crippen MR) is 120 cm³/mol. The molecule has 1 heterocycles. The largest absolute Gasteiger partial charge is 0.391 e. The summed E-state index contributed by atoms with van der Waals surface area (Å²) in [6, 6.07) is 0. The van der Waals surface area contributed by atoms with Crippen molar-refractivity contribution in [3.63, 3.8) is 0 Å². The lowest BCUT2D eigenvalue weighted by Gasteiger charge is -2.65. The van der Waals surface area contributed by atoms with Crippen LogP contribution in [0.3, 0.4) is 0 Å². The molecule has 4 aliphatic carbocycles. The zero-order valence-electron chi connectivity index (χ0n) is 19.2. The SMILES string of the molecule is CC1(C)O[C@@H]2C[C@H]3[C@@H]4C[C@H](F)C5=CC(=O)CC[C@]5(C)[C@@]4(Cl)[C@@H](O)C[C@]3(C)[C@]2(C(=O)C(F)Br)O1. The Morgan fingerprint density at radius 1 is 1.27 bits per heavy atom. The van der Waals surface area contributed by atoms with Gasteiger partial charge >= 0.3 is 0 Å². The second-order valence-electron chi connectivity index (χ2n) is 11.5. The molecule has 0 aromatic heterocycles. The highest BCUT2D eigenvalue weighted by atomic mass is 79.9. The van der Waals surface area contributed by atoms with Crippen molar-refractivity contribution in [2.24, 2.45) is 22.7 Å². The van der Waals surface area contributed by atoms with E-state index >= 15 is 4.39 Å². The zero-order valence-corrected chi connectivity index (χ0v) is 21.5. The van der Waals surface area contributed by atoms with Gasteiger partial charge in [-0.15, -0.1) is 11.6 Å². The number of ether oxygens (including phenoxy) is 2. The summed E-state index contributed by atoms with van der Waals surface area (Å²) in [5, 5.41) is 9.67. The van der Waals surface area contributed by atoms with Crippen molar-refractivity contribution in [2.75, 3.05) is 0 Å². The molecule has 10 atom stereocenters. The van der Waals surface area contributed by atoms with E-state index in [9.17, 15) is 19.1 Å². The van der Waals surface area contributed by atoms with Gasteiger partial charge in [0.05, 0.1) is 17.1 Å². The lowest BCUT2D eigenvalue weighted by molar-refractivity contribution is -0.224. The standard InChI is InChI=1S/C24H30BrClF2O5/c1-20(2)32-17-9-12-13-8-15(27)14-7-11(29)5-6-21(14,3)23(13,26)16(30)10-22(12,4)24(17,33-20)18(31)19(25)28/h7,12-13,15-17,19,30H,5-6,8-10H2,1-4H3/t12-,13-,15-,16-,17+,19?,21-,22-,23-,24-/m0/s1. The maximum absolute atomic E-state index is 15.6. The Morgan fingerprint density at radius 3 is 2.58 bits per heavy atom. The minimum atomic E-state index is -1.97. The summed E-state index contributed by atoms with van der Waals surface area (Å²) in [5.41, 5.74) is -3.21. The number of halogens is 4. The average molecular weight is 552 g/mol. The summed E-state index contributed by atoms with van der Waals surface area (Å²) in [6.45, 7) is 7.02. The van der Waals surface area contributed by atoms with Crippen molar-refractivity contribution in [1.29, 1.82) is 0 Å². The van der Waals surface area contributed by atoms with Crippen molar-refractivity contribution < 1.29 is 33.0 Å². The molecule has 0 aromatic rings. The third kappa shape index (κ3) is 2.79. The number of carbonyl (C=O) groups is 2. The van der Waals surface area contributed by atoms with Gasteiger partial charge in [0.25, 0.3) is 0 Å². The number of hydrogen-bond donors (Lipinski definition) is 1. The number of rotatable bonds is 2. The second-order valence-corrected chi connectivity index (χ2v) is 12.9. The number of fused-ring (bicyclic) bond motifs is 7. The van der Waals surface area contributed by atoms with Crippen LogP contribution in [-0.2, 0) is 19.1 Å². The molecule has 0 spiro atoms. The van der Waals surface area contributed by atoms with E-state index in [0.717, 1.165) is 0 Å². The highest BCUT2D eigenvalue weighted by molar-refractivity contribution is 9.09. The molecule has 3 saturated carbocycles. The topological polar surface area (TPSA) is 72.8 Å². The Hall–Kier alpha value is -0.410. The Kier molecular flexibility index (Phi) is 5.22. The highest BCUT2D eigenvalue weighted by Gasteiger charge is 2.80. The van der Waals surface area contributed by atoms with Gasteiger partial charge in [-0.1, -0.05) is 13.8 Å². The fourth-order valence-electron chi connectivity index (χ4n) is 8.26. The van der Waals surface area contributed by atoms with E-state index < -0.39 is 62.3 Å². The molecule has 0 aromatic carbocycles. The Balaban J connectivity index is 1.66. The van der Waals surface area contributed by atoms with E-state index in [1.807, 2.05) is 13.8 Å². The molecule has 1 N–H and O–H groups in total. The predicted octanol–water partition coefficient (Wildman–Crippen LogP) is 4.56. The number of hydrogen-bond acceptors (Lipinski definition) is 5. The third-order valence-electron chi connectivity index (χ3n) is 9.58. The maximum atomic E-state index is 15.6. The first-order valence-corrected chi connectivity index (χ1v) is 12.9. The van der Waals surface area contributed by atoms with E-state index in [2.05, 4.69) is 15.9 Å². The van der Waals surface area contributed by atoms with Gasteiger partial charge < -0.3 is 14.6 Å². The van der Waals surface area contributed by atoms with Gasteiger partial charge in [0.2, 0.25) is 10.9 Å². The van der Waals surface area contributed by atoms with Gasteiger partial charge in [0, 0.05) is 17.3 Å². The van der Waals surface area contributed by atoms with Crippen molar-refractivity contribution in [3.05, 3.63) is 11.6 Å². The zero-order chi connectivity index (χ0) is 24.4. The molecule has 5 nitrogen and oxygen atoms in total. The van der Waals surface area contributed by atoms with E-state index in [4.69, 9.17) is 21.1 Å². The summed E-state index contributed by atoms with van der Waals surface area (Å²) in [6.07, 6.45) is -0.857. The number of carbonyl (C=O) groups excluding carboxylic acids is 2. The van der Waals surface area contributed by atoms with Crippen LogP contribution in [0, 0.1) is 22.7 Å². The van der Waals surface area contributed by atoms with Crippen LogP contribution >= 0.6 is 27.5 Å². The molecule has 1 saturated heterocycles. The van der Waals surface area contributed by atoms with Crippen LogP contribution in [0.4, 0.5) is 8.78 Å². The van der Waals surface area contributed by atoms with Gasteiger partial charge in [0.15, 0.2) is 17.2 Å². The molecule has 0 bridgehead atoms. The highest BCUT2D eigenvalue weighted by Crippen LogP contribution is 2.73. The minimum Gasteiger partial charge on any atom is -0.391 e. The summed E-state index contributed by atoms with van der Waals surface area (Å²) in [5.74, 6) is -2.88. The fraction of sp³-hybridized carbons (Fsp3) is 0.833. The molecule has 184 valence electrons. The first-order chi connectivity index (χ1) is 15.1. The second kappa shape index (κ2) is 7.09. The van der Waals surface area contributed by atoms with Crippen LogP contribution in [0.15, 0.2) is 11.6 Å². The van der Waals surface area contributed by atoms with E-state index in [-0.39, 0.29) is 31.0 Å². The normalized spacial score (nSPS) is 53.4. The van der Waals surface area contributed by atoms with E-state index in [0.29, 0.717) is 18.4 Å². The summed E-state index contributed by atoms with van der Waals surface area (Å²) >= 11 is 10.1. The molecule has 1 aliphatic heterocycles. The number of aliphatic hydroxyl groups excluding tert-OH is 1. The minimum absolute atomic E-state index is 0.0171. The van der Waals surface area contributed by atoms with Gasteiger partial charge in [-0.05, 0) is 78.9 Å². The molecule has 9 heteroatoms. The van der Waals surface area contributed by atoms with E-state index in [1.54, 1.807) is 13.8 Å². The summed E-state index contributed by atoms with van der Waals surface area (Å²) < 4.78 is 42.5. The molecule has 1 unspecified atom stereocenters. The molecule has 0 radical (unpaired) electrons. The van der Waals surface area contributed by atoms with Crippen LogP contribution in [0.25, 0.3) is 0 Å². The lowest BCUT2D eigenvalue weighted by Crippen LogP contribution is -2.71. The van der Waals surface area contributed by atoms with E-state index in [1.165, 1.54) is 6.08 Å². The number of ketones is 2. The van der Waals surface area contributed by atoms with Gasteiger partial charge in [-0.2, -0.15) is 0 Å². The quantitative estimate of drug-likeness (QED) is 0.510. The Bertz CT molecular complexity index is 957. The molecule has 0 amide bonds. The monoisotopic (exact) mass is 550 g/mol. The number of aliphatic hydroxyl groups is 1. The van der Waals surface area contributed by atoms with Crippen LogP contribution in [0.2, 0.25) is 0 Å². The number of Topliss-reactive ketones (excluding diaryl/α,β-unsaturated/α-hetero) is 1. The van der Waals surface area contributed by atoms with Gasteiger partial charge in [-0.25, -0.2) is 8.78 Å². The Morgan fingerprint density at radius 2 is 1.94 bits per heavy atom. The van der Waals surface area contributed by atoms with Gasteiger partial charge in [0.1, 0.15) is 6.17 Å². The van der Waals surface area contributed by atoms with Crippen LogP contribution < -0.4 is 0 Å². The van der Waals surface area contributed by atoms with Crippen molar-refractivity contribution >= 4 is 39.1 Å². The van der Waals surface area contributed by atoms with Crippen LogP contribution in [-0.4, -0.2) is 56.4 Å². The van der Waals surface area contributed by atoms with Crippen molar-refractivity contribution in [3.8, 4) is 0 Å². The third-order valence-corrected chi connectivity index (χ3v) is 10.9. The number of alkyl halides is 4. The van der Waals surface area contributed by atoms with Gasteiger partial charge in [-0.3, -0.25) is 9.59 Å². The fourth-order valence-corrected chi connectivity index (χ4v) is 9.12. The smallest absolute Gasteiger partial charge is 0.215 e. The van der Waals surface area contributed by atoms with Crippen LogP contribution in [0.1, 0.15) is 59.8 Å².